The highest BCUT2D eigenvalue weighted by Gasteiger charge is 2.35. The fraction of sp³-hybridized carbons (Fsp3) is 0.679. The van der Waals surface area contributed by atoms with Crippen LogP contribution in [0.1, 0.15) is 59.8 Å². The monoisotopic (exact) mass is 545 g/mol. The standard InChI is InChI=1S/C21H30BFN4O3.C7H12FN/c1-13-10-14(11-16(23)17(13)22)18(25-19(24-5)29-7)26(6)15-8-9-27(12-15)20(28)30-21(2,3)4;8-6-4-7-2-1-3-9(7)5-6/h10,15H,5,8-9,11-12H2,1-4,6-7H3;6-7H,1-5H2/b18-14+,25-19+;. The van der Waals surface area contributed by atoms with Gasteiger partial charge in [0.2, 0.25) is 0 Å². The molecule has 1 aliphatic carbocycles. The topological polar surface area (TPSA) is 70.0 Å². The van der Waals surface area contributed by atoms with Gasteiger partial charge in [-0.25, -0.2) is 18.6 Å². The molecule has 39 heavy (non-hydrogen) atoms. The van der Waals surface area contributed by atoms with E-state index in [1.807, 2.05) is 38.8 Å². The molecule has 0 aromatic heterocycles. The van der Waals surface area contributed by atoms with Crippen molar-refractivity contribution in [2.24, 2.45) is 9.98 Å². The van der Waals surface area contributed by atoms with Crippen LogP contribution in [0, 0.1) is 0 Å². The summed E-state index contributed by atoms with van der Waals surface area (Å²) < 4.78 is 37.6. The first-order chi connectivity index (χ1) is 18.3. The zero-order valence-electron chi connectivity index (χ0n) is 24.2. The van der Waals surface area contributed by atoms with E-state index < -0.39 is 17.6 Å². The summed E-state index contributed by atoms with van der Waals surface area (Å²) in [5, 5.41) is 0. The number of amidine groups is 1. The number of alkyl halides is 1. The van der Waals surface area contributed by atoms with E-state index in [-0.39, 0.29) is 30.1 Å². The number of carbonyl (C=O) groups excluding carboxylic acids is 1. The highest BCUT2D eigenvalue weighted by Crippen LogP contribution is 2.32. The number of aliphatic imine (C=N–C) groups is 2. The van der Waals surface area contributed by atoms with Crippen LogP contribution in [-0.2, 0) is 9.47 Å². The molecule has 0 spiro atoms. The number of amides is 1. The first-order valence-electron chi connectivity index (χ1n) is 13.6. The SMILES string of the molecule is FC1CC2CCCN2C1.[B]C1=C(F)C/C(=C(\N=C(/N=C)OC)N(C)C2CCN(C(=O)OC(C)(C)C)C2)C=C1C. The minimum Gasteiger partial charge on any atom is -0.467 e. The van der Waals surface area contributed by atoms with Gasteiger partial charge in [-0.1, -0.05) is 17.1 Å². The second-order valence-electron chi connectivity index (χ2n) is 11.5. The number of nitrogens with zero attached hydrogens (tertiary/aromatic N) is 5. The van der Waals surface area contributed by atoms with Gasteiger partial charge in [-0.15, -0.1) is 0 Å². The highest BCUT2D eigenvalue weighted by atomic mass is 19.1. The molecule has 1 amide bonds. The van der Waals surface area contributed by atoms with Crippen LogP contribution >= 0.6 is 0 Å². The van der Waals surface area contributed by atoms with Crippen LogP contribution in [0.2, 0.25) is 0 Å². The van der Waals surface area contributed by atoms with E-state index in [2.05, 4.69) is 21.6 Å². The molecule has 0 N–H and O–H groups in total. The second kappa shape index (κ2) is 13.1. The van der Waals surface area contributed by atoms with Crippen LogP contribution in [0.4, 0.5) is 13.6 Å². The molecule has 3 saturated heterocycles. The van der Waals surface area contributed by atoms with E-state index in [1.54, 1.807) is 11.8 Å². The number of ether oxygens (including phenoxy) is 2. The predicted molar refractivity (Wildman–Crippen MR) is 151 cm³/mol. The van der Waals surface area contributed by atoms with Crippen LogP contribution in [0.5, 0.6) is 0 Å². The smallest absolute Gasteiger partial charge is 0.410 e. The Bertz CT molecular complexity index is 1040. The van der Waals surface area contributed by atoms with Gasteiger partial charge in [0.15, 0.2) is 0 Å². The largest absolute Gasteiger partial charge is 0.467 e. The zero-order valence-corrected chi connectivity index (χ0v) is 24.2. The van der Waals surface area contributed by atoms with E-state index in [9.17, 15) is 13.6 Å². The van der Waals surface area contributed by atoms with E-state index in [0.29, 0.717) is 42.6 Å². The van der Waals surface area contributed by atoms with Gasteiger partial charge < -0.3 is 19.3 Å². The van der Waals surface area contributed by atoms with Gasteiger partial charge in [-0.3, -0.25) is 4.90 Å². The van der Waals surface area contributed by atoms with Crippen LogP contribution in [0.25, 0.3) is 0 Å². The van der Waals surface area contributed by atoms with Crippen molar-refractivity contribution in [2.45, 2.75) is 83.7 Å². The first-order valence-corrected chi connectivity index (χ1v) is 13.6. The molecule has 0 aromatic rings. The summed E-state index contributed by atoms with van der Waals surface area (Å²) in [6, 6.07) is 0.645. The highest BCUT2D eigenvalue weighted by molar-refractivity contribution is 6.24. The Kier molecular flexibility index (Phi) is 10.4. The molecule has 3 aliphatic heterocycles. The van der Waals surface area contributed by atoms with Crippen molar-refractivity contribution in [3.63, 3.8) is 0 Å². The Balaban J connectivity index is 0.000000387. The number of carbonyl (C=O) groups is 1. The number of methoxy groups -OCH3 is 1. The summed E-state index contributed by atoms with van der Waals surface area (Å²) in [6.07, 6.45) is 5.01. The van der Waals surface area contributed by atoms with Crippen molar-refractivity contribution < 1.29 is 23.0 Å². The Morgan fingerprint density at radius 3 is 2.56 bits per heavy atom. The molecule has 3 fully saturated rings. The molecule has 4 aliphatic rings. The Labute approximate surface area is 232 Å². The number of rotatable bonds is 3. The third-order valence-corrected chi connectivity index (χ3v) is 7.42. The molecule has 8 nitrogen and oxygen atoms in total. The van der Waals surface area contributed by atoms with Crippen molar-refractivity contribution in [1.82, 2.24) is 14.7 Å². The van der Waals surface area contributed by atoms with Crippen molar-refractivity contribution in [1.29, 1.82) is 0 Å². The third-order valence-electron chi connectivity index (χ3n) is 7.42. The second-order valence-corrected chi connectivity index (χ2v) is 11.5. The van der Waals surface area contributed by atoms with Crippen molar-refractivity contribution in [3.05, 3.63) is 34.3 Å². The van der Waals surface area contributed by atoms with E-state index in [4.69, 9.17) is 17.3 Å². The number of allylic oxidation sites excluding steroid dienone is 5. The lowest BCUT2D eigenvalue weighted by atomic mass is 9.82. The number of hydrogen-bond acceptors (Lipinski definition) is 6. The molecular weight excluding hydrogens is 503 g/mol. The van der Waals surface area contributed by atoms with E-state index in [1.165, 1.54) is 20.0 Å². The first kappa shape index (κ1) is 30.9. The van der Waals surface area contributed by atoms with Gasteiger partial charge in [0.1, 0.15) is 25.4 Å². The molecule has 0 aromatic carbocycles. The molecule has 214 valence electrons. The van der Waals surface area contributed by atoms with E-state index in [0.717, 1.165) is 19.4 Å². The van der Waals surface area contributed by atoms with Crippen molar-refractivity contribution in [2.75, 3.05) is 40.3 Å². The van der Waals surface area contributed by atoms with Gasteiger partial charge in [0.25, 0.3) is 0 Å². The molecule has 3 unspecified atom stereocenters. The molecule has 0 saturated carbocycles. The summed E-state index contributed by atoms with van der Waals surface area (Å²) in [7, 11) is 9.09. The zero-order chi connectivity index (χ0) is 28.9. The van der Waals surface area contributed by atoms with Gasteiger partial charge in [-0.2, -0.15) is 4.99 Å². The summed E-state index contributed by atoms with van der Waals surface area (Å²) in [4.78, 5) is 26.5. The van der Waals surface area contributed by atoms with Crippen molar-refractivity contribution >= 4 is 26.7 Å². The Morgan fingerprint density at radius 2 is 1.97 bits per heavy atom. The summed E-state index contributed by atoms with van der Waals surface area (Å²) in [5.41, 5.74) is 0.865. The average Bonchev–Trinajstić information content (AvgIpc) is 3.59. The molecule has 11 heteroatoms. The minimum absolute atomic E-state index is 0.0168. The lowest BCUT2D eigenvalue weighted by molar-refractivity contribution is 0.0285. The quantitative estimate of drug-likeness (QED) is 0.291. The average molecular weight is 545 g/mol. The molecule has 2 radical (unpaired) electrons. The van der Waals surface area contributed by atoms with E-state index >= 15 is 0 Å². The number of fused-ring (bicyclic) bond motifs is 1. The molecule has 0 bridgehead atoms. The molecule has 4 rings (SSSR count). The summed E-state index contributed by atoms with van der Waals surface area (Å²) >= 11 is 0. The number of likely N-dealkylation sites (tertiary alicyclic amines) is 1. The normalized spacial score (nSPS) is 27.0. The van der Waals surface area contributed by atoms with Gasteiger partial charge in [0, 0.05) is 50.8 Å². The van der Waals surface area contributed by atoms with Gasteiger partial charge in [-0.05, 0) is 66.6 Å². The minimum atomic E-state index is -0.560. The maximum atomic E-state index is 14.4. The molecular formula is C28H42BF2N5O3. The fourth-order valence-corrected chi connectivity index (χ4v) is 5.37. The van der Waals surface area contributed by atoms with Crippen LogP contribution in [-0.4, -0.2) is 106 Å². The summed E-state index contributed by atoms with van der Waals surface area (Å²) in [5.74, 6) is 0.0933. The Hall–Kier alpha value is -2.69. The predicted octanol–water partition coefficient (Wildman–Crippen LogP) is 4.73. The molecule has 3 heterocycles. The summed E-state index contributed by atoms with van der Waals surface area (Å²) in [6.45, 7) is 13.6. The van der Waals surface area contributed by atoms with Crippen molar-refractivity contribution in [3.8, 4) is 0 Å². The molecule has 3 atom stereocenters. The van der Waals surface area contributed by atoms with Crippen LogP contribution in [0.15, 0.2) is 44.3 Å². The lowest BCUT2D eigenvalue weighted by Gasteiger charge is -2.30. The maximum absolute atomic E-state index is 14.4. The maximum Gasteiger partial charge on any atom is 0.410 e. The fourth-order valence-electron chi connectivity index (χ4n) is 5.37. The lowest BCUT2D eigenvalue weighted by Crippen LogP contribution is -2.39. The number of likely N-dealkylation sites (N-methyl/N-ethyl adjacent to an activating group) is 1. The Morgan fingerprint density at radius 1 is 1.26 bits per heavy atom. The van der Waals surface area contributed by atoms with Crippen LogP contribution < -0.4 is 0 Å². The third kappa shape index (κ3) is 8.16. The van der Waals surface area contributed by atoms with Gasteiger partial charge >= 0.3 is 12.1 Å². The number of hydrogen-bond donors (Lipinski definition) is 0. The van der Waals surface area contributed by atoms with Gasteiger partial charge in [0.05, 0.1) is 12.9 Å². The number of halogens is 2. The van der Waals surface area contributed by atoms with Crippen LogP contribution in [0.3, 0.4) is 0 Å².